The van der Waals surface area contributed by atoms with Crippen LogP contribution in [-0.4, -0.2) is 25.9 Å². The molecule has 0 aliphatic carbocycles. The first kappa shape index (κ1) is 13.0. The van der Waals surface area contributed by atoms with Crippen molar-refractivity contribution in [2.24, 2.45) is 5.73 Å². The fraction of sp³-hybridized carbons (Fsp3) is 0.778. The van der Waals surface area contributed by atoms with Crippen LogP contribution in [0.15, 0.2) is 9.40 Å². The fourth-order valence-corrected chi connectivity index (χ4v) is 2.16. The first-order valence-electron chi connectivity index (χ1n) is 5.13. The van der Waals surface area contributed by atoms with Crippen molar-refractivity contribution in [3.8, 4) is 0 Å². The quantitative estimate of drug-likeness (QED) is 0.532. The maximum Gasteiger partial charge on any atom is 0.159 e. The van der Waals surface area contributed by atoms with Gasteiger partial charge in [0.25, 0.3) is 0 Å². The Morgan fingerprint density at radius 3 is 2.87 bits per heavy atom. The molecule has 1 aliphatic heterocycles. The predicted octanol–water partition coefficient (Wildman–Crippen LogP) is 0.388. The maximum absolute atomic E-state index is 5.68. The largest absolute Gasteiger partial charge is 0.366 e. The van der Waals surface area contributed by atoms with Gasteiger partial charge in [0, 0.05) is 19.7 Å². The van der Waals surface area contributed by atoms with Gasteiger partial charge in [-0.2, -0.15) is 0 Å². The Kier molecular flexibility index (Phi) is 5.65. The van der Waals surface area contributed by atoms with Crippen molar-refractivity contribution in [3.05, 3.63) is 9.40 Å². The summed E-state index contributed by atoms with van der Waals surface area (Å²) < 4.78 is 6.32. The summed E-state index contributed by atoms with van der Waals surface area (Å²) in [4.78, 5) is 0. The van der Waals surface area contributed by atoms with Gasteiger partial charge in [-0.05, 0) is 29.0 Å². The first-order valence-corrected chi connectivity index (χ1v) is 6.21. The summed E-state index contributed by atoms with van der Waals surface area (Å²) in [5.74, 6) is 0.978. The van der Waals surface area contributed by atoms with Gasteiger partial charge in [0.1, 0.15) is 5.82 Å². The standard InChI is InChI=1S/C9H19IN4O/c1-3-4-6(5-11)12-8-7(10)9(15-2)14-13-8/h6,9,12-14H,3-5,11H2,1-2H3/t6-,9?/m1/s1. The number of rotatable bonds is 6. The molecule has 0 fully saturated rings. The molecule has 0 radical (unpaired) electrons. The van der Waals surface area contributed by atoms with Gasteiger partial charge in [0.15, 0.2) is 6.23 Å². The Morgan fingerprint density at radius 2 is 2.40 bits per heavy atom. The van der Waals surface area contributed by atoms with Crippen LogP contribution in [0.1, 0.15) is 19.8 Å². The summed E-state index contributed by atoms with van der Waals surface area (Å²) in [5, 5.41) is 3.37. The van der Waals surface area contributed by atoms with Crippen LogP contribution >= 0.6 is 22.6 Å². The molecule has 0 bridgehead atoms. The lowest BCUT2D eigenvalue weighted by Gasteiger charge is -2.18. The fourth-order valence-electron chi connectivity index (χ4n) is 1.46. The lowest BCUT2D eigenvalue weighted by Crippen LogP contribution is -2.41. The van der Waals surface area contributed by atoms with Crippen LogP contribution in [0, 0.1) is 0 Å². The molecule has 6 heteroatoms. The molecular weight excluding hydrogens is 307 g/mol. The van der Waals surface area contributed by atoms with Gasteiger partial charge in [0.2, 0.25) is 0 Å². The molecule has 5 nitrogen and oxygen atoms in total. The van der Waals surface area contributed by atoms with Crippen LogP contribution in [0.25, 0.3) is 0 Å². The highest BCUT2D eigenvalue weighted by Crippen LogP contribution is 2.19. The van der Waals surface area contributed by atoms with Crippen molar-refractivity contribution >= 4 is 22.6 Å². The Hall–Kier alpha value is -0.0500. The zero-order valence-corrected chi connectivity index (χ0v) is 11.3. The Balaban J connectivity index is 2.53. The predicted molar refractivity (Wildman–Crippen MR) is 69.0 cm³/mol. The van der Waals surface area contributed by atoms with Gasteiger partial charge in [-0.3, -0.25) is 0 Å². The maximum atomic E-state index is 5.68. The Morgan fingerprint density at radius 1 is 1.67 bits per heavy atom. The molecule has 0 aromatic carbocycles. The van der Waals surface area contributed by atoms with E-state index in [9.17, 15) is 0 Å². The van der Waals surface area contributed by atoms with Crippen molar-refractivity contribution in [2.75, 3.05) is 13.7 Å². The van der Waals surface area contributed by atoms with Crippen LogP contribution in [0.3, 0.4) is 0 Å². The van der Waals surface area contributed by atoms with Crippen LogP contribution in [0.5, 0.6) is 0 Å². The van der Waals surface area contributed by atoms with E-state index in [0.717, 1.165) is 22.2 Å². The van der Waals surface area contributed by atoms with E-state index in [0.29, 0.717) is 12.6 Å². The van der Waals surface area contributed by atoms with Gasteiger partial charge in [0.05, 0.1) is 3.58 Å². The van der Waals surface area contributed by atoms with Crippen LogP contribution in [0.4, 0.5) is 0 Å². The van der Waals surface area contributed by atoms with E-state index < -0.39 is 0 Å². The molecule has 0 aromatic rings. The molecule has 0 aromatic heterocycles. The van der Waals surface area contributed by atoms with Crippen LogP contribution in [-0.2, 0) is 4.74 Å². The minimum atomic E-state index is -0.0619. The monoisotopic (exact) mass is 326 g/mol. The molecule has 1 aliphatic rings. The molecule has 15 heavy (non-hydrogen) atoms. The van der Waals surface area contributed by atoms with E-state index in [2.05, 4.69) is 45.7 Å². The molecule has 1 heterocycles. The summed E-state index contributed by atoms with van der Waals surface area (Å²) in [6.45, 7) is 2.79. The molecule has 88 valence electrons. The van der Waals surface area contributed by atoms with Crippen molar-refractivity contribution in [2.45, 2.75) is 32.0 Å². The average molecular weight is 326 g/mol. The molecular formula is C9H19IN4O. The molecule has 0 saturated carbocycles. The number of methoxy groups -OCH3 is 1. The van der Waals surface area contributed by atoms with Crippen LogP contribution < -0.4 is 21.9 Å². The van der Waals surface area contributed by atoms with E-state index in [4.69, 9.17) is 10.5 Å². The number of nitrogens with one attached hydrogen (secondary N) is 3. The van der Waals surface area contributed by atoms with Crippen LogP contribution in [0.2, 0.25) is 0 Å². The lowest BCUT2D eigenvalue weighted by atomic mass is 10.2. The topological polar surface area (TPSA) is 71.3 Å². The zero-order chi connectivity index (χ0) is 11.3. The number of ether oxygens (including phenoxy) is 1. The second-order valence-electron chi connectivity index (χ2n) is 3.47. The van der Waals surface area contributed by atoms with E-state index in [1.54, 1.807) is 7.11 Å². The second-order valence-corrected chi connectivity index (χ2v) is 4.64. The summed E-state index contributed by atoms with van der Waals surface area (Å²) in [6, 6.07) is 0.319. The first-order chi connectivity index (χ1) is 7.22. The number of hydrazine groups is 1. The second kappa shape index (κ2) is 6.51. The van der Waals surface area contributed by atoms with Gasteiger partial charge in [-0.1, -0.05) is 13.3 Å². The molecule has 0 amide bonds. The van der Waals surface area contributed by atoms with Gasteiger partial charge >= 0.3 is 0 Å². The number of halogens is 1. The van der Waals surface area contributed by atoms with Crippen molar-refractivity contribution in [1.29, 1.82) is 0 Å². The average Bonchev–Trinajstić information content (AvgIpc) is 2.59. The van der Waals surface area contributed by atoms with Crippen molar-refractivity contribution in [3.63, 3.8) is 0 Å². The third-order valence-corrected chi connectivity index (χ3v) is 3.41. The highest BCUT2D eigenvalue weighted by atomic mass is 127. The summed E-state index contributed by atoms with van der Waals surface area (Å²) in [6.07, 6.45) is 2.14. The van der Waals surface area contributed by atoms with E-state index in [1.807, 2.05) is 0 Å². The smallest absolute Gasteiger partial charge is 0.159 e. The molecule has 5 N–H and O–H groups in total. The molecule has 0 spiro atoms. The molecule has 1 rings (SSSR count). The molecule has 0 saturated heterocycles. The van der Waals surface area contributed by atoms with Gasteiger partial charge in [-0.25, -0.2) is 5.43 Å². The van der Waals surface area contributed by atoms with Crippen molar-refractivity contribution in [1.82, 2.24) is 16.2 Å². The van der Waals surface area contributed by atoms with E-state index >= 15 is 0 Å². The third-order valence-electron chi connectivity index (χ3n) is 2.30. The minimum absolute atomic E-state index is 0.0619. The Bertz CT molecular complexity index is 234. The number of hydrogen-bond acceptors (Lipinski definition) is 5. The van der Waals surface area contributed by atoms with Crippen molar-refractivity contribution < 1.29 is 4.74 Å². The summed E-state index contributed by atoms with van der Waals surface area (Å²) >= 11 is 2.26. The number of nitrogens with two attached hydrogens (primary N) is 1. The lowest BCUT2D eigenvalue weighted by molar-refractivity contribution is 0.112. The zero-order valence-electron chi connectivity index (χ0n) is 9.14. The van der Waals surface area contributed by atoms with E-state index in [1.165, 1.54) is 0 Å². The summed E-state index contributed by atoms with van der Waals surface area (Å²) in [5.41, 5.74) is 11.8. The summed E-state index contributed by atoms with van der Waals surface area (Å²) in [7, 11) is 1.67. The minimum Gasteiger partial charge on any atom is -0.366 e. The van der Waals surface area contributed by atoms with Gasteiger partial charge < -0.3 is 21.2 Å². The Labute approximate surface area is 104 Å². The highest BCUT2D eigenvalue weighted by molar-refractivity contribution is 14.1. The highest BCUT2D eigenvalue weighted by Gasteiger charge is 2.23. The number of hydrogen-bond donors (Lipinski definition) is 4. The molecule has 1 unspecified atom stereocenters. The van der Waals surface area contributed by atoms with Gasteiger partial charge in [-0.15, -0.1) is 0 Å². The SMILES string of the molecule is CCC[C@H](CN)NC1=C(I)C(OC)NN1. The van der Waals surface area contributed by atoms with E-state index in [-0.39, 0.29) is 6.23 Å². The normalized spacial score (nSPS) is 22.8. The third kappa shape index (κ3) is 3.47. The molecule has 2 atom stereocenters.